The Morgan fingerprint density at radius 2 is 1.51 bits per heavy atom. The van der Waals surface area contributed by atoms with Gasteiger partial charge in [0.15, 0.2) is 5.78 Å². The van der Waals surface area contributed by atoms with Crippen molar-refractivity contribution in [2.75, 3.05) is 0 Å². The van der Waals surface area contributed by atoms with E-state index in [1.165, 1.54) is 22.4 Å². The van der Waals surface area contributed by atoms with E-state index >= 15 is 0 Å². The van der Waals surface area contributed by atoms with E-state index in [1.807, 2.05) is 33.9 Å². The predicted molar refractivity (Wildman–Crippen MR) is 178 cm³/mol. The van der Waals surface area contributed by atoms with Crippen LogP contribution in [0.2, 0.25) is 0 Å². The number of carbonyl (C=O) groups excluding carboxylic acids is 1. The van der Waals surface area contributed by atoms with Gasteiger partial charge in [0.25, 0.3) is 0 Å². The third kappa shape index (κ3) is 9.81. The quantitative estimate of drug-likeness (QED) is 0.0799. The number of aromatic nitrogens is 2. The van der Waals surface area contributed by atoms with Crippen LogP contribution in [0.25, 0.3) is 32.9 Å². The summed E-state index contributed by atoms with van der Waals surface area (Å²) < 4.78 is 0. The first-order chi connectivity index (χ1) is 19.9. The topological polar surface area (TPSA) is 63.1 Å². The summed E-state index contributed by atoms with van der Waals surface area (Å²) in [6.07, 6.45) is 7.77. The van der Waals surface area contributed by atoms with E-state index in [1.54, 1.807) is 0 Å². The number of fused-ring (bicyclic) bond motifs is 3. The van der Waals surface area contributed by atoms with E-state index < -0.39 is 0 Å². The number of carbonyl (C=O) groups is 1. The number of aryl methyl sites for hydroxylation is 2. The molecule has 0 amide bonds. The maximum absolute atomic E-state index is 11.7. The number of rotatable bonds is 9. The van der Waals surface area contributed by atoms with Gasteiger partial charge in [0.1, 0.15) is 0 Å². The van der Waals surface area contributed by atoms with Crippen molar-refractivity contribution >= 4 is 27.5 Å². The van der Waals surface area contributed by atoms with Gasteiger partial charge >= 0.3 is 0 Å². The molecule has 0 fully saturated rings. The fourth-order valence-electron chi connectivity index (χ4n) is 5.57. The van der Waals surface area contributed by atoms with Crippen LogP contribution in [0.5, 0.6) is 0 Å². The molecular formula is C38H49IrN2O2-. The smallest absolute Gasteiger partial charge is 0.162 e. The van der Waals surface area contributed by atoms with Gasteiger partial charge in [0.05, 0.1) is 11.3 Å². The summed E-state index contributed by atoms with van der Waals surface area (Å²) in [6, 6.07) is 18.5. The summed E-state index contributed by atoms with van der Waals surface area (Å²) in [6.45, 7) is 19.0. The first-order valence-corrected chi connectivity index (χ1v) is 15.5. The molecule has 0 unspecified atom stereocenters. The number of nitrogens with zero attached hydrogens (tertiary/aromatic N) is 2. The van der Waals surface area contributed by atoms with Gasteiger partial charge in [0, 0.05) is 55.3 Å². The monoisotopic (exact) mass is 758 g/mol. The van der Waals surface area contributed by atoms with Crippen LogP contribution in [-0.2, 0) is 31.3 Å². The molecule has 0 aliphatic carbocycles. The third-order valence-electron chi connectivity index (χ3n) is 7.87. The minimum atomic E-state index is 0. The molecule has 0 aliphatic rings. The Morgan fingerprint density at radius 1 is 0.884 bits per heavy atom. The van der Waals surface area contributed by atoms with Crippen molar-refractivity contribution in [3.63, 3.8) is 0 Å². The Hall–Kier alpha value is -2.88. The Labute approximate surface area is 272 Å². The van der Waals surface area contributed by atoms with Crippen molar-refractivity contribution in [3.05, 3.63) is 83.4 Å². The van der Waals surface area contributed by atoms with Gasteiger partial charge in [-0.3, -0.25) is 9.78 Å². The Morgan fingerprint density at radius 3 is 2.09 bits per heavy atom. The molecule has 0 spiro atoms. The summed E-state index contributed by atoms with van der Waals surface area (Å²) in [5.74, 6) is 0.547. The molecule has 0 saturated heterocycles. The van der Waals surface area contributed by atoms with Crippen LogP contribution < -0.4 is 0 Å². The van der Waals surface area contributed by atoms with E-state index in [9.17, 15) is 9.90 Å². The maximum Gasteiger partial charge on any atom is 0.162 e. The second-order valence-corrected chi connectivity index (χ2v) is 12.7. The SMILES string of the molecule is CCC(CC)C(=O)/C=C(\O)C(CC)CC.Cc1[c-]c(-c2nccc3c2ccc2nc(CC(C)(C)C)ccc23)cc(C)c1.[Ir]. The molecule has 43 heavy (non-hydrogen) atoms. The molecule has 1 radical (unpaired) electrons. The van der Waals surface area contributed by atoms with E-state index in [2.05, 4.69) is 88.1 Å². The molecule has 0 saturated carbocycles. The molecule has 4 nitrogen and oxygen atoms in total. The summed E-state index contributed by atoms with van der Waals surface area (Å²) in [5, 5.41) is 13.3. The normalized spacial score (nSPS) is 11.9. The second-order valence-electron chi connectivity index (χ2n) is 12.7. The van der Waals surface area contributed by atoms with Gasteiger partial charge in [-0.05, 0) is 72.2 Å². The molecule has 2 heterocycles. The molecule has 5 heteroatoms. The van der Waals surface area contributed by atoms with Gasteiger partial charge in [-0.25, -0.2) is 0 Å². The number of ketones is 1. The summed E-state index contributed by atoms with van der Waals surface area (Å²) >= 11 is 0. The minimum Gasteiger partial charge on any atom is -0.512 e. The number of aliphatic hydroxyl groups is 1. The Kier molecular flexibility index (Phi) is 13.7. The van der Waals surface area contributed by atoms with Gasteiger partial charge < -0.3 is 10.1 Å². The number of hydrogen-bond acceptors (Lipinski definition) is 4. The van der Waals surface area contributed by atoms with Crippen molar-refractivity contribution in [1.29, 1.82) is 0 Å². The predicted octanol–water partition coefficient (Wildman–Crippen LogP) is 10.3. The second kappa shape index (κ2) is 16.3. The maximum atomic E-state index is 11.7. The minimum absolute atomic E-state index is 0. The van der Waals surface area contributed by atoms with Gasteiger partial charge in [-0.2, -0.15) is 0 Å². The summed E-state index contributed by atoms with van der Waals surface area (Å²) in [4.78, 5) is 21.3. The van der Waals surface area contributed by atoms with Gasteiger partial charge in [0.2, 0.25) is 0 Å². The van der Waals surface area contributed by atoms with E-state index in [0.717, 1.165) is 65.5 Å². The molecule has 4 aromatic rings. The standard InChI is InChI=1S/C25H25N2.C13H24O2.Ir/c1-16-12-17(2)14-18(13-16)24-22-8-9-23-21(20(22)10-11-26-24)7-6-19(27-23)15-25(3,4)5;1-5-10(6-2)12(14)9-13(15)11(7-3)8-4;/h6-13H,15H2,1-5H3;9-11,14H,5-8H2,1-4H3;/q-1;;/b;12-9-;. The molecule has 1 N–H and O–H groups in total. The summed E-state index contributed by atoms with van der Waals surface area (Å²) in [5.41, 5.74) is 6.83. The fraction of sp³-hybridized carbons (Fsp3) is 0.447. The van der Waals surface area contributed by atoms with E-state index in [-0.39, 0.29) is 48.9 Å². The van der Waals surface area contributed by atoms with Crippen LogP contribution in [0.3, 0.4) is 0 Å². The van der Waals surface area contributed by atoms with Gasteiger partial charge in [-0.15, -0.1) is 34.9 Å². The van der Waals surface area contributed by atoms with Crippen LogP contribution in [0, 0.1) is 37.2 Å². The summed E-state index contributed by atoms with van der Waals surface area (Å²) in [7, 11) is 0. The zero-order valence-corrected chi connectivity index (χ0v) is 29.9. The number of aliphatic hydroxyl groups excluding tert-OH is 1. The Balaban J connectivity index is 0.000000348. The number of hydrogen-bond donors (Lipinski definition) is 1. The number of pyridine rings is 2. The van der Waals surface area contributed by atoms with Crippen molar-refractivity contribution in [3.8, 4) is 11.3 Å². The Bertz CT molecular complexity index is 1520. The van der Waals surface area contributed by atoms with Crippen LogP contribution >= 0.6 is 0 Å². The first kappa shape index (κ1) is 36.3. The molecule has 2 aromatic heterocycles. The first-order valence-electron chi connectivity index (χ1n) is 15.5. The van der Waals surface area contributed by atoms with Crippen molar-refractivity contribution in [2.45, 2.75) is 94.4 Å². The molecule has 233 valence electrons. The van der Waals surface area contributed by atoms with Crippen LogP contribution in [0.4, 0.5) is 0 Å². The van der Waals surface area contributed by atoms with Crippen LogP contribution in [-0.4, -0.2) is 20.9 Å². The molecule has 0 atom stereocenters. The zero-order valence-electron chi connectivity index (χ0n) is 27.5. The van der Waals surface area contributed by atoms with Gasteiger partial charge in [-0.1, -0.05) is 74.4 Å². The largest absolute Gasteiger partial charge is 0.512 e. The fourth-order valence-corrected chi connectivity index (χ4v) is 5.57. The zero-order chi connectivity index (χ0) is 31.0. The average Bonchev–Trinajstić information content (AvgIpc) is 2.92. The van der Waals surface area contributed by atoms with Crippen LogP contribution in [0.1, 0.15) is 91.0 Å². The van der Waals surface area contributed by atoms with Crippen molar-refractivity contribution in [2.24, 2.45) is 17.3 Å². The molecule has 0 bridgehead atoms. The molecule has 0 aliphatic heterocycles. The molecular weight excluding hydrogens is 709 g/mol. The number of allylic oxidation sites excluding steroid dienone is 2. The number of benzene rings is 2. The van der Waals surface area contributed by atoms with Crippen LogP contribution in [0.15, 0.2) is 60.5 Å². The average molecular weight is 758 g/mol. The van der Waals surface area contributed by atoms with Crippen molar-refractivity contribution in [1.82, 2.24) is 9.97 Å². The van der Waals surface area contributed by atoms with E-state index in [0.29, 0.717) is 0 Å². The van der Waals surface area contributed by atoms with E-state index in [4.69, 9.17) is 4.98 Å². The third-order valence-corrected chi connectivity index (χ3v) is 7.87. The van der Waals surface area contributed by atoms with Crippen molar-refractivity contribution < 1.29 is 30.0 Å². The molecule has 2 aromatic carbocycles. The molecule has 4 rings (SSSR count).